The monoisotopic (exact) mass is 479 g/mol. The molecule has 3 N–H and O–H groups in total. The van der Waals surface area contributed by atoms with Crippen LogP contribution in [0.4, 0.5) is 14.5 Å². The molecule has 4 aromatic heterocycles. The number of nitrogens with zero attached hydrogens (tertiary/aromatic N) is 3. The largest absolute Gasteiger partial charge is 0.464 e. The summed E-state index contributed by atoms with van der Waals surface area (Å²) in [5.74, 6) is -1.08. The van der Waals surface area contributed by atoms with Gasteiger partial charge in [0.05, 0.1) is 22.7 Å². The predicted molar refractivity (Wildman–Crippen MR) is 116 cm³/mol. The number of carbonyl (C=O) groups excluding carboxylic acids is 2. The molecule has 12 heteroatoms. The minimum Gasteiger partial charge on any atom is -0.464 e. The number of primary amides is 1. The van der Waals surface area contributed by atoms with Crippen molar-refractivity contribution in [1.29, 1.82) is 0 Å². The van der Waals surface area contributed by atoms with Gasteiger partial charge in [0, 0.05) is 17.1 Å². The fourth-order valence-electron chi connectivity index (χ4n) is 3.15. The van der Waals surface area contributed by atoms with Crippen LogP contribution in [0.15, 0.2) is 35.1 Å². The molecule has 0 fully saturated rings. The summed E-state index contributed by atoms with van der Waals surface area (Å²) >= 11 is 6.84. The van der Waals surface area contributed by atoms with Crippen LogP contribution in [-0.4, -0.2) is 26.6 Å². The normalized spacial score (nSPS) is 12.4. The summed E-state index contributed by atoms with van der Waals surface area (Å²) in [5.41, 5.74) is 5.90. The zero-order chi connectivity index (χ0) is 23.2. The molecular formula is C20H16ClF2N5O3S. The molecule has 0 aliphatic heterocycles. The molecule has 0 spiro atoms. The number of nitrogens with one attached hydrogen (secondary N) is 1. The molecule has 166 valence electrons. The highest BCUT2D eigenvalue weighted by molar-refractivity contribution is 7.21. The third-order valence-electron chi connectivity index (χ3n) is 4.80. The van der Waals surface area contributed by atoms with Gasteiger partial charge >= 0.3 is 0 Å². The first-order chi connectivity index (χ1) is 15.2. The molecule has 0 aliphatic carbocycles. The summed E-state index contributed by atoms with van der Waals surface area (Å²) < 4.78 is 33.7. The second kappa shape index (κ2) is 8.32. The highest BCUT2D eigenvalue weighted by atomic mass is 35.5. The van der Waals surface area contributed by atoms with Gasteiger partial charge in [0.15, 0.2) is 0 Å². The van der Waals surface area contributed by atoms with E-state index >= 15 is 0 Å². The van der Waals surface area contributed by atoms with Crippen molar-refractivity contribution in [2.75, 3.05) is 5.32 Å². The van der Waals surface area contributed by atoms with Crippen molar-refractivity contribution in [3.8, 4) is 11.3 Å². The Kier molecular flexibility index (Phi) is 5.70. The van der Waals surface area contributed by atoms with Crippen molar-refractivity contribution in [3.63, 3.8) is 0 Å². The summed E-state index contributed by atoms with van der Waals surface area (Å²) in [4.78, 5) is 29.2. The standard InChI is InChI=1S/C20H16ClF2N5O3S/c1-8-11(21)7-28(27-8)9(2)19(30)26-15-14-10(13-4-3-5-31-13)6-12(17(22)23)25-20(14)32-16(15)18(24)29/h3-7,9,17H,1-2H3,(H2,24,29)(H,26,30). The fourth-order valence-corrected chi connectivity index (χ4v) is 4.31. The smallest absolute Gasteiger partial charge is 0.280 e. The summed E-state index contributed by atoms with van der Waals surface area (Å²) in [6.07, 6.45) is 0.0416. The number of amides is 2. The number of fused-ring (bicyclic) bond motifs is 1. The number of aromatic nitrogens is 3. The Morgan fingerprint density at radius 1 is 1.38 bits per heavy atom. The number of hydrogen-bond donors (Lipinski definition) is 2. The van der Waals surface area contributed by atoms with Gasteiger partial charge in [-0.1, -0.05) is 11.6 Å². The molecule has 1 atom stereocenters. The summed E-state index contributed by atoms with van der Waals surface area (Å²) in [6.45, 7) is 3.29. The van der Waals surface area contributed by atoms with Gasteiger partial charge in [0.25, 0.3) is 12.3 Å². The maximum atomic E-state index is 13.5. The van der Waals surface area contributed by atoms with Gasteiger partial charge in [-0.25, -0.2) is 13.8 Å². The number of anilines is 1. The minimum atomic E-state index is -2.85. The lowest BCUT2D eigenvalue weighted by molar-refractivity contribution is -0.119. The molecule has 0 saturated heterocycles. The number of hydrogen-bond acceptors (Lipinski definition) is 6. The molecule has 2 amide bonds. The average molecular weight is 480 g/mol. The molecular weight excluding hydrogens is 464 g/mol. The van der Waals surface area contributed by atoms with Gasteiger partial charge in [-0.05, 0) is 32.0 Å². The molecule has 0 aliphatic rings. The first-order valence-electron chi connectivity index (χ1n) is 9.28. The molecule has 4 rings (SSSR count). The Morgan fingerprint density at radius 2 is 2.12 bits per heavy atom. The van der Waals surface area contributed by atoms with Crippen molar-refractivity contribution >= 4 is 50.7 Å². The van der Waals surface area contributed by atoms with Gasteiger partial charge < -0.3 is 15.5 Å². The summed E-state index contributed by atoms with van der Waals surface area (Å²) in [5, 5.41) is 7.56. The molecule has 0 saturated carbocycles. The molecule has 0 aromatic carbocycles. The van der Waals surface area contributed by atoms with Gasteiger partial charge in [0.2, 0.25) is 5.91 Å². The van der Waals surface area contributed by atoms with Crippen molar-refractivity contribution in [1.82, 2.24) is 14.8 Å². The van der Waals surface area contributed by atoms with Gasteiger partial charge in [-0.15, -0.1) is 11.3 Å². The van der Waals surface area contributed by atoms with E-state index in [1.54, 1.807) is 26.0 Å². The van der Waals surface area contributed by atoms with E-state index in [1.807, 2.05) is 0 Å². The third-order valence-corrected chi connectivity index (χ3v) is 6.27. The van der Waals surface area contributed by atoms with Crippen LogP contribution in [0.2, 0.25) is 5.02 Å². The van der Waals surface area contributed by atoms with Crippen LogP contribution in [0.25, 0.3) is 21.5 Å². The molecule has 32 heavy (non-hydrogen) atoms. The molecule has 4 heterocycles. The van der Waals surface area contributed by atoms with Crippen LogP contribution in [0.3, 0.4) is 0 Å². The van der Waals surface area contributed by atoms with E-state index in [1.165, 1.54) is 23.2 Å². The first-order valence-corrected chi connectivity index (χ1v) is 10.5. The van der Waals surface area contributed by atoms with Gasteiger partial charge in [-0.2, -0.15) is 5.10 Å². The van der Waals surface area contributed by atoms with Crippen LogP contribution in [0.5, 0.6) is 0 Å². The van der Waals surface area contributed by atoms with Gasteiger partial charge in [-0.3, -0.25) is 14.3 Å². The lowest BCUT2D eigenvalue weighted by Crippen LogP contribution is -2.25. The maximum Gasteiger partial charge on any atom is 0.280 e. The number of aryl methyl sites for hydroxylation is 1. The van der Waals surface area contributed by atoms with Crippen molar-refractivity contribution in [2.24, 2.45) is 5.73 Å². The molecule has 0 bridgehead atoms. The first kappa shape index (κ1) is 21.9. The molecule has 8 nitrogen and oxygen atoms in total. The van der Waals surface area contributed by atoms with Crippen LogP contribution in [-0.2, 0) is 4.79 Å². The summed E-state index contributed by atoms with van der Waals surface area (Å²) in [6, 6.07) is 3.54. The highest BCUT2D eigenvalue weighted by Crippen LogP contribution is 2.42. The zero-order valence-corrected chi connectivity index (χ0v) is 18.3. The molecule has 1 unspecified atom stereocenters. The Balaban J connectivity index is 1.86. The Morgan fingerprint density at radius 3 is 2.69 bits per heavy atom. The number of rotatable bonds is 6. The third kappa shape index (κ3) is 3.84. The predicted octanol–water partition coefficient (Wildman–Crippen LogP) is 4.95. The van der Waals surface area contributed by atoms with Crippen molar-refractivity contribution < 1.29 is 22.8 Å². The number of thiophene rings is 1. The number of furan rings is 1. The van der Waals surface area contributed by atoms with E-state index in [4.69, 9.17) is 21.8 Å². The Labute approximate surface area is 189 Å². The number of carbonyl (C=O) groups is 2. The minimum absolute atomic E-state index is 0.0260. The topological polar surface area (TPSA) is 116 Å². The zero-order valence-electron chi connectivity index (χ0n) is 16.7. The van der Waals surface area contributed by atoms with Crippen LogP contribution >= 0.6 is 22.9 Å². The van der Waals surface area contributed by atoms with Crippen molar-refractivity contribution in [3.05, 3.63) is 51.9 Å². The second-order valence-corrected chi connectivity index (χ2v) is 8.34. The summed E-state index contributed by atoms with van der Waals surface area (Å²) in [7, 11) is 0. The van der Waals surface area contributed by atoms with Gasteiger partial charge in [0.1, 0.15) is 27.2 Å². The number of nitrogens with two attached hydrogens (primary N) is 1. The van der Waals surface area contributed by atoms with Crippen LogP contribution in [0.1, 0.15) is 40.5 Å². The van der Waals surface area contributed by atoms with E-state index in [9.17, 15) is 18.4 Å². The SMILES string of the molecule is Cc1nn(C(C)C(=O)Nc2c(C(N)=O)sc3nc(C(F)F)cc(-c4ccco4)c23)cc1Cl. The lowest BCUT2D eigenvalue weighted by Gasteiger charge is -2.14. The Hall–Kier alpha value is -3.31. The number of halogens is 3. The maximum absolute atomic E-state index is 13.5. The number of alkyl halides is 2. The van der Waals surface area contributed by atoms with Crippen molar-refractivity contribution in [2.45, 2.75) is 26.3 Å². The fraction of sp³-hybridized carbons (Fsp3) is 0.200. The van der Waals surface area contributed by atoms with E-state index in [2.05, 4.69) is 15.4 Å². The van der Waals surface area contributed by atoms with Crippen LogP contribution in [0, 0.1) is 6.92 Å². The van der Waals surface area contributed by atoms with E-state index in [0.717, 1.165) is 11.3 Å². The van der Waals surface area contributed by atoms with E-state index < -0.39 is 30.0 Å². The number of pyridine rings is 1. The average Bonchev–Trinajstić information content (AvgIpc) is 3.47. The quantitative estimate of drug-likeness (QED) is 0.406. The lowest BCUT2D eigenvalue weighted by atomic mass is 10.1. The van der Waals surface area contributed by atoms with Crippen LogP contribution < -0.4 is 11.1 Å². The Bertz CT molecular complexity index is 1310. The molecule has 0 radical (unpaired) electrons. The van der Waals surface area contributed by atoms with E-state index in [-0.39, 0.29) is 32.1 Å². The highest BCUT2D eigenvalue weighted by Gasteiger charge is 2.27. The van der Waals surface area contributed by atoms with E-state index in [0.29, 0.717) is 10.7 Å². The second-order valence-electron chi connectivity index (χ2n) is 6.93. The molecule has 4 aromatic rings.